The van der Waals surface area contributed by atoms with Crippen LogP contribution in [0.25, 0.3) is 0 Å². The van der Waals surface area contributed by atoms with Crippen LogP contribution in [-0.4, -0.2) is 24.5 Å². The van der Waals surface area contributed by atoms with Crippen molar-refractivity contribution in [2.24, 2.45) is 4.99 Å². The highest BCUT2D eigenvalue weighted by Crippen LogP contribution is 2.19. The highest BCUT2D eigenvalue weighted by Gasteiger charge is 2.02. The number of hydrogen-bond donors (Lipinski definition) is 2. The average Bonchev–Trinajstić information content (AvgIpc) is 2.72. The van der Waals surface area contributed by atoms with Crippen molar-refractivity contribution in [1.29, 1.82) is 0 Å². The van der Waals surface area contributed by atoms with Gasteiger partial charge in [-0.3, -0.25) is 4.99 Å². The molecule has 1 aromatic heterocycles. The fourth-order valence-electron chi connectivity index (χ4n) is 2.60. The zero-order valence-electron chi connectivity index (χ0n) is 15.7. The highest BCUT2D eigenvalue weighted by atomic mass is 19.1. The van der Waals surface area contributed by atoms with E-state index in [4.69, 9.17) is 4.74 Å². The molecule has 0 saturated carbocycles. The third-order valence-corrected chi connectivity index (χ3v) is 4.05. The number of ether oxygens (including phenoxy) is 1. The zero-order chi connectivity index (χ0) is 19.6. The van der Waals surface area contributed by atoms with Crippen molar-refractivity contribution in [3.63, 3.8) is 0 Å². The summed E-state index contributed by atoms with van der Waals surface area (Å²) in [5.41, 5.74) is 2.26. The van der Waals surface area contributed by atoms with E-state index in [1.807, 2.05) is 24.3 Å². The second-order valence-electron chi connectivity index (χ2n) is 6.15. The Bertz CT molecular complexity index is 898. The number of aromatic nitrogens is 1. The van der Waals surface area contributed by atoms with Crippen LogP contribution in [0.2, 0.25) is 0 Å². The summed E-state index contributed by atoms with van der Waals surface area (Å²) in [4.78, 5) is 8.49. The zero-order valence-corrected chi connectivity index (χ0v) is 15.7. The van der Waals surface area contributed by atoms with Gasteiger partial charge in [0, 0.05) is 38.5 Å². The molecule has 0 bridgehead atoms. The molecule has 2 aromatic carbocycles. The molecule has 0 aliphatic heterocycles. The molecule has 6 heteroatoms. The van der Waals surface area contributed by atoms with Crippen molar-refractivity contribution in [2.45, 2.75) is 13.0 Å². The summed E-state index contributed by atoms with van der Waals surface area (Å²) < 4.78 is 18.8. The lowest BCUT2D eigenvalue weighted by Gasteiger charge is -2.12. The minimum atomic E-state index is -0.343. The first-order chi connectivity index (χ1) is 13.7. The molecule has 0 radical (unpaired) electrons. The summed E-state index contributed by atoms with van der Waals surface area (Å²) in [5, 5.41) is 6.55. The van der Waals surface area contributed by atoms with Gasteiger partial charge in [0.25, 0.3) is 0 Å². The van der Waals surface area contributed by atoms with Crippen LogP contribution in [0.1, 0.15) is 11.1 Å². The molecule has 0 aliphatic rings. The number of halogens is 1. The molecule has 28 heavy (non-hydrogen) atoms. The summed E-state index contributed by atoms with van der Waals surface area (Å²) in [7, 11) is 1.74. The van der Waals surface area contributed by atoms with E-state index < -0.39 is 0 Å². The van der Waals surface area contributed by atoms with Crippen LogP contribution >= 0.6 is 0 Å². The average molecular weight is 378 g/mol. The maximum atomic E-state index is 13.2. The first kappa shape index (κ1) is 19.4. The van der Waals surface area contributed by atoms with E-state index in [2.05, 4.69) is 32.7 Å². The van der Waals surface area contributed by atoms with E-state index in [0.717, 1.165) is 24.5 Å². The SMILES string of the molecule is CN=C(NCCc1ccccc1)NCc1ccc(Oc2cccc(F)c2)nc1. The van der Waals surface area contributed by atoms with Gasteiger partial charge >= 0.3 is 0 Å². The maximum Gasteiger partial charge on any atom is 0.219 e. The highest BCUT2D eigenvalue weighted by molar-refractivity contribution is 5.79. The van der Waals surface area contributed by atoms with Crippen LogP contribution in [0.3, 0.4) is 0 Å². The Morgan fingerprint density at radius 2 is 1.86 bits per heavy atom. The van der Waals surface area contributed by atoms with Gasteiger partial charge in [0.1, 0.15) is 11.6 Å². The first-order valence-electron chi connectivity index (χ1n) is 9.10. The van der Waals surface area contributed by atoms with Crippen LogP contribution in [0.5, 0.6) is 11.6 Å². The molecule has 3 rings (SSSR count). The topological polar surface area (TPSA) is 58.5 Å². The van der Waals surface area contributed by atoms with Crippen LogP contribution in [0.4, 0.5) is 4.39 Å². The second-order valence-corrected chi connectivity index (χ2v) is 6.15. The summed E-state index contributed by atoms with van der Waals surface area (Å²) in [6.07, 6.45) is 2.65. The lowest BCUT2D eigenvalue weighted by molar-refractivity contribution is 0.457. The summed E-state index contributed by atoms with van der Waals surface area (Å²) in [5.74, 6) is 1.22. The largest absolute Gasteiger partial charge is 0.439 e. The van der Waals surface area contributed by atoms with E-state index in [1.54, 1.807) is 31.4 Å². The fraction of sp³-hybridized carbons (Fsp3) is 0.182. The van der Waals surface area contributed by atoms with Gasteiger partial charge in [-0.05, 0) is 29.7 Å². The van der Waals surface area contributed by atoms with Crippen molar-refractivity contribution in [1.82, 2.24) is 15.6 Å². The number of hydrogen-bond acceptors (Lipinski definition) is 3. The quantitative estimate of drug-likeness (QED) is 0.483. The molecule has 0 spiro atoms. The summed E-state index contributed by atoms with van der Waals surface area (Å²) in [6.45, 7) is 1.38. The molecule has 0 atom stereocenters. The third-order valence-electron chi connectivity index (χ3n) is 4.05. The molecule has 144 valence electrons. The molecule has 0 unspecified atom stereocenters. The van der Waals surface area contributed by atoms with Crippen molar-refractivity contribution in [3.05, 3.63) is 89.9 Å². The maximum absolute atomic E-state index is 13.2. The lowest BCUT2D eigenvalue weighted by Crippen LogP contribution is -2.37. The van der Waals surface area contributed by atoms with Gasteiger partial charge in [-0.1, -0.05) is 42.5 Å². The van der Waals surface area contributed by atoms with E-state index in [1.165, 1.54) is 17.7 Å². The van der Waals surface area contributed by atoms with Crippen molar-refractivity contribution < 1.29 is 9.13 Å². The first-order valence-corrected chi connectivity index (χ1v) is 9.10. The van der Waals surface area contributed by atoms with Crippen LogP contribution in [-0.2, 0) is 13.0 Å². The summed E-state index contributed by atoms with van der Waals surface area (Å²) in [6, 6.07) is 19.9. The third kappa shape index (κ3) is 6.09. The van der Waals surface area contributed by atoms with Crippen molar-refractivity contribution in [2.75, 3.05) is 13.6 Å². The summed E-state index contributed by atoms with van der Waals surface area (Å²) >= 11 is 0. The molecular weight excluding hydrogens is 355 g/mol. The normalized spacial score (nSPS) is 11.1. The van der Waals surface area contributed by atoms with Crippen LogP contribution < -0.4 is 15.4 Å². The van der Waals surface area contributed by atoms with Crippen molar-refractivity contribution in [3.8, 4) is 11.6 Å². The Morgan fingerprint density at radius 3 is 2.57 bits per heavy atom. The molecule has 0 saturated heterocycles. The predicted molar refractivity (Wildman–Crippen MR) is 109 cm³/mol. The smallest absolute Gasteiger partial charge is 0.219 e. The van der Waals surface area contributed by atoms with Gasteiger partial charge in [0.2, 0.25) is 5.88 Å². The van der Waals surface area contributed by atoms with E-state index in [9.17, 15) is 4.39 Å². The molecule has 1 heterocycles. The molecular formula is C22H23FN4O. The number of nitrogens with zero attached hydrogens (tertiary/aromatic N) is 2. The van der Waals surface area contributed by atoms with Gasteiger partial charge < -0.3 is 15.4 Å². The molecule has 5 nitrogen and oxygen atoms in total. The minimum absolute atomic E-state index is 0.343. The van der Waals surface area contributed by atoms with Gasteiger partial charge in [0.05, 0.1) is 0 Å². The minimum Gasteiger partial charge on any atom is -0.439 e. The number of benzene rings is 2. The van der Waals surface area contributed by atoms with Gasteiger partial charge in [-0.2, -0.15) is 0 Å². The fourth-order valence-corrected chi connectivity index (χ4v) is 2.60. The number of aliphatic imine (C=N–C) groups is 1. The molecule has 0 aliphatic carbocycles. The number of rotatable bonds is 7. The molecule has 3 aromatic rings. The number of pyridine rings is 1. The van der Waals surface area contributed by atoms with Gasteiger partial charge in [-0.25, -0.2) is 9.37 Å². The van der Waals surface area contributed by atoms with Crippen LogP contribution in [0.15, 0.2) is 77.9 Å². The van der Waals surface area contributed by atoms with Gasteiger partial charge in [-0.15, -0.1) is 0 Å². The Hall–Kier alpha value is -3.41. The Kier molecular flexibility index (Phi) is 6.95. The molecule has 0 fully saturated rings. The standard InChI is InChI=1S/C22H23FN4O/c1-24-22(25-13-12-17-6-3-2-4-7-17)27-16-18-10-11-21(26-15-18)28-20-9-5-8-19(23)14-20/h2-11,14-15H,12-13,16H2,1H3,(H2,24,25,27). The van der Waals surface area contributed by atoms with E-state index in [0.29, 0.717) is 18.2 Å². The Morgan fingerprint density at radius 1 is 1.00 bits per heavy atom. The predicted octanol–water partition coefficient (Wildman–Crippen LogP) is 3.92. The Balaban J connectivity index is 1.45. The van der Waals surface area contributed by atoms with Crippen LogP contribution in [0, 0.1) is 5.82 Å². The molecule has 2 N–H and O–H groups in total. The number of nitrogens with one attached hydrogen (secondary N) is 2. The number of guanidine groups is 1. The second kappa shape index (κ2) is 10.1. The Labute approximate surface area is 164 Å². The van der Waals surface area contributed by atoms with E-state index >= 15 is 0 Å². The van der Waals surface area contributed by atoms with E-state index in [-0.39, 0.29) is 5.82 Å². The van der Waals surface area contributed by atoms with Gasteiger partial charge in [0.15, 0.2) is 5.96 Å². The van der Waals surface area contributed by atoms with Crippen molar-refractivity contribution >= 4 is 5.96 Å². The molecule has 0 amide bonds. The lowest BCUT2D eigenvalue weighted by atomic mass is 10.1. The monoisotopic (exact) mass is 378 g/mol.